The first-order chi connectivity index (χ1) is 7.11. The van der Waals surface area contributed by atoms with E-state index in [0.717, 1.165) is 4.68 Å². The molecule has 0 bridgehead atoms. The lowest BCUT2D eigenvalue weighted by Gasteiger charge is -1.94. The van der Waals surface area contributed by atoms with E-state index in [0.29, 0.717) is 0 Å². The Morgan fingerprint density at radius 2 is 2.20 bits per heavy atom. The number of aromatic carboxylic acids is 1. The van der Waals surface area contributed by atoms with Crippen molar-refractivity contribution in [1.82, 2.24) is 9.78 Å². The van der Waals surface area contributed by atoms with Crippen LogP contribution in [0.2, 0.25) is 0 Å². The molecule has 0 spiro atoms. The monoisotopic (exact) mass is 210 g/mol. The number of carboxylic acids is 1. The Morgan fingerprint density at radius 1 is 1.53 bits per heavy atom. The predicted octanol–water partition coefficient (Wildman–Crippen LogP) is 1.63. The molecule has 80 valence electrons. The molecule has 5 heteroatoms. The maximum atomic E-state index is 13.5. The highest BCUT2D eigenvalue weighted by Crippen LogP contribution is 2.14. The highest BCUT2D eigenvalue weighted by Gasteiger charge is 2.22. The van der Waals surface area contributed by atoms with Crippen LogP contribution in [0.1, 0.15) is 16.1 Å². The molecule has 0 fully saturated rings. The second-order valence-electron chi connectivity index (χ2n) is 2.88. The normalized spacial score (nSPS) is 9.93. The van der Waals surface area contributed by atoms with E-state index in [-0.39, 0.29) is 18.7 Å². The van der Waals surface area contributed by atoms with Gasteiger partial charge in [0.15, 0.2) is 0 Å². The van der Waals surface area contributed by atoms with Crippen molar-refractivity contribution in [2.75, 3.05) is 0 Å². The molecule has 0 unspecified atom stereocenters. The molecule has 1 aromatic heterocycles. The second-order valence-corrected chi connectivity index (χ2v) is 2.88. The summed E-state index contributed by atoms with van der Waals surface area (Å²) in [6.07, 6.45) is 3.15. The van der Waals surface area contributed by atoms with Crippen LogP contribution in [-0.2, 0) is 13.0 Å². The summed E-state index contributed by atoms with van der Waals surface area (Å²) in [5.74, 6) is -2.17. The Morgan fingerprint density at radius 3 is 2.67 bits per heavy atom. The van der Waals surface area contributed by atoms with E-state index in [4.69, 9.17) is 5.11 Å². The van der Waals surface area contributed by atoms with Crippen molar-refractivity contribution in [2.24, 2.45) is 0 Å². The first-order valence-corrected chi connectivity index (χ1v) is 4.32. The first kappa shape index (κ1) is 11.2. The van der Waals surface area contributed by atoms with Crippen molar-refractivity contribution < 1.29 is 14.3 Å². The molecule has 0 saturated carbocycles. The smallest absolute Gasteiger partial charge is 0.342 e. The standard InChI is InChI=1S/C10H11FN2O2/c1-3-5-7-8(10(14)15)9(11)13(12-7)6-4-2/h3-4H,1-2,5-6H2,(H,14,15). The number of rotatable bonds is 5. The van der Waals surface area contributed by atoms with Crippen LogP contribution in [0.3, 0.4) is 0 Å². The molecule has 0 aliphatic heterocycles. The fraction of sp³-hybridized carbons (Fsp3) is 0.200. The maximum Gasteiger partial charge on any atom is 0.342 e. The van der Waals surface area contributed by atoms with Crippen LogP contribution < -0.4 is 0 Å². The summed E-state index contributed by atoms with van der Waals surface area (Å²) in [6, 6.07) is 0. The number of aromatic nitrogens is 2. The number of carboxylic acid groups (broad SMARTS) is 1. The third-order valence-electron chi connectivity index (χ3n) is 1.82. The minimum atomic E-state index is -1.32. The van der Waals surface area contributed by atoms with E-state index >= 15 is 0 Å². The van der Waals surface area contributed by atoms with Crippen LogP contribution >= 0.6 is 0 Å². The van der Waals surface area contributed by atoms with Crippen molar-refractivity contribution >= 4 is 5.97 Å². The number of nitrogens with zero attached hydrogens (tertiary/aromatic N) is 2. The highest BCUT2D eigenvalue weighted by atomic mass is 19.1. The first-order valence-electron chi connectivity index (χ1n) is 4.32. The zero-order valence-electron chi connectivity index (χ0n) is 8.11. The Bertz CT molecular complexity index is 410. The van der Waals surface area contributed by atoms with E-state index in [9.17, 15) is 9.18 Å². The minimum absolute atomic E-state index is 0.142. The Kier molecular flexibility index (Phi) is 3.38. The molecule has 0 aromatic carbocycles. The van der Waals surface area contributed by atoms with Gasteiger partial charge in [0.2, 0.25) is 5.95 Å². The molecular formula is C10H11FN2O2. The molecule has 0 aliphatic rings. The van der Waals surface area contributed by atoms with E-state index in [1.807, 2.05) is 0 Å². The lowest BCUT2D eigenvalue weighted by molar-refractivity contribution is 0.0690. The van der Waals surface area contributed by atoms with Gasteiger partial charge in [-0.2, -0.15) is 9.49 Å². The maximum absolute atomic E-state index is 13.5. The topological polar surface area (TPSA) is 55.1 Å². The molecular weight excluding hydrogens is 199 g/mol. The molecule has 1 rings (SSSR count). The molecule has 1 N–H and O–H groups in total. The van der Waals surface area contributed by atoms with Crippen molar-refractivity contribution in [1.29, 1.82) is 0 Å². The minimum Gasteiger partial charge on any atom is -0.477 e. The van der Waals surface area contributed by atoms with E-state index in [1.54, 1.807) is 0 Å². The average molecular weight is 210 g/mol. The molecule has 0 amide bonds. The van der Waals surface area contributed by atoms with Gasteiger partial charge in [0.1, 0.15) is 5.56 Å². The molecule has 15 heavy (non-hydrogen) atoms. The zero-order valence-corrected chi connectivity index (χ0v) is 8.11. The van der Waals surface area contributed by atoms with E-state index < -0.39 is 17.5 Å². The Hall–Kier alpha value is -1.91. The lowest BCUT2D eigenvalue weighted by Crippen LogP contribution is -2.04. The lowest BCUT2D eigenvalue weighted by atomic mass is 10.2. The quantitative estimate of drug-likeness (QED) is 0.751. The number of carbonyl (C=O) groups is 1. The highest BCUT2D eigenvalue weighted by molar-refractivity contribution is 5.89. The van der Waals surface area contributed by atoms with Gasteiger partial charge >= 0.3 is 5.97 Å². The van der Waals surface area contributed by atoms with E-state index in [1.165, 1.54) is 12.2 Å². The molecule has 0 aliphatic carbocycles. The van der Waals surface area contributed by atoms with Crippen molar-refractivity contribution in [2.45, 2.75) is 13.0 Å². The largest absolute Gasteiger partial charge is 0.477 e. The van der Waals surface area contributed by atoms with Crippen LogP contribution in [-0.4, -0.2) is 20.9 Å². The van der Waals surface area contributed by atoms with Gasteiger partial charge in [-0.25, -0.2) is 9.48 Å². The Labute approximate surface area is 86.3 Å². The third kappa shape index (κ3) is 2.12. The third-order valence-corrected chi connectivity index (χ3v) is 1.82. The summed E-state index contributed by atoms with van der Waals surface area (Å²) >= 11 is 0. The van der Waals surface area contributed by atoms with Gasteiger partial charge in [0.25, 0.3) is 0 Å². The van der Waals surface area contributed by atoms with Gasteiger partial charge in [0.05, 0.1) is 12.2 Å². The summed E-state index contributed by atoms with van der Waals surface area (Å²) in [4.78, 5) is 10.8. The van der Waals surface area contributed by atoms with Crippen LogP contribution in [0.15, 0.2) is 25.3 Å². The fourth-order valence-electron chi connectivity index (χ4n) is 1.22. The predicted molar refractivity (Wildman–Crippen MR) is 53.2 cm³/mol. The van der Waals surface area contributed by atoms with E-state index in [2.05, 4.69) is 18.3 Å². The van der Waals surface area contributed by atoms with Crippen molar-refractivity contribution in [3.05, 3.63) is 42.5 Å². The SMILES string of the molecule is C=CCc1nn(CC=C)c(F)c1C(=O)O. The van der Waals surface area contributed by atoms with Gasteiger partial charge in [-0.05, 0) is 0 Å². The van der Waals surface area contributed by atoms with Gasteiger partial charge in [-0.1, -0.05) is 12.2 Å². The summed E-state index contributed by atoms with van der Waals surface area (Å²) in [7, 11) is 0. The Balaban J connectivity index is 3.24. The van der Waals surface area contributed by atoms with Crippen LogP contribution in [0.5, 0.6) is 0 Å². The summed E-state index contributed by atoms with van der Waals surface area (Å²) in [5.41, 5.74) is -0.214. The number of allylic oxidation sites excluding steroid dienone is 2. The summed E-state index contributed by atoms with van der Waals surface area (Å²) in [6.45, 7) is 7.03. The molecule has 1 heterocycles. The zero-order chi connectivity index (χ0) is 11.4. The number of hydrogen-bond donors (Lipinski definition) is 1. The second kappa shape index (κ2) is 4.54. The van der Waals surface area contributed by atoms with Gasteiger partial charge in [-0.15, -0.1) is 13.2 Å². The fourth-order valence-corrected chi connectivity index (χ4v) is 1.22. The van der Waals surface area contributed by atoms with Gasteiger partial charge in [-0.3, -0.25) is 0 Å². The van der Waals surface area contributed by atoms with Gasteiger partial charge < -0.3 is 5.11 Å². The van der Waals surface area contributed by atoms with Gasteiger partial charge in [0, 0.05) is 6.42 Å². The molecule has 0 saturated heterocycles. The molecule has 4 nitrogen and oxygen atoms in total. The van der Waals surface area contributed by atoms with Crippen molar-refractivity contribution in [3.8, 4) is 0 Å². The molecule has 1 aromatic rings. The van der Waals surface area contributed by atoms with Crippen LogP contribution in [0.4, 0.5) is 4.39 Å². The molecule has 0 atom stereocenters. The van der Waals surface area contributed by atoms with Crippen LogP contribution in [0.25, 0.3) is 0 Å². The molecule has 0 radical (unpaired) electrons. The average Bonchev–Trinajstić information content (AvgIpc) is 2.45. The summed E-state index contributed by atoms with van der Waals surface area (Å²) < 4.78 is 14.5. The van der Waals surface area contributed by atoms with Crippen molar-refractivity contribution in [3.63, 3.8) is 0 Å². The van der Waals surface area contributed by atoms with Crippen LogP contribution in [0, 0.1) is 5.95 Å². The summed E-state index contributed by atoms with van der Waals surface area (Å²) in [5, 5.41) is 12.6. The number of hydrogen-bond acceptors (Lipinski definition) is 2. The number of halogens is 1.